The molecule has 0 bridgehead atoms. The van der Waals surface area contributed by atoms with E-state index in [9.17, 15) is 4.39 Å². The molecule has 7 heteroatoms. The third-order valence-corrected chi connectivity index (χ3v) is 4.36. The molecular formula is C19H19FN4O2. The zero-order valence-corrected chi connectivity index (χ0v) is 14.4. The van der Waals surface area contributed by atoms with Crippen LogP contribution in [0.5, 0.6) is 5.75 Å². The van der Waals surface area contributed by atoms with Crippen molar-refractivity contribution >= 4 is 5.69 Å². The first-order chi connectivity index (χ1) is 12.7. The number of ether oxygens (including phenoxy) is 2. The van der Waals surface area contributed by atoms with E-state index in [1.807, 2.05) is 30.5 Å². The Kier molecular flexibility index (Phi) is 4.53. The first-order valence-electron chi connectivity index (χ1n) is 8.40. The second kappa shape index (κ2) is 7.13. The van der Waals surface area contributed by atoms with Crippen LogP contribution in [-0.4, -0.2) is 35.3 Å². The standard InChI is InChI=1S/C19H19FN4O2/c1-25-17-8-6-16(7-9-17)24-10-11-26-19(24)18-13-23(22-21-18)12-14-2-4-15(20)5-3-14/h2-9,13,19H,10-12H2,1H3/t19-/m0/s1. The smallest absolute Gasteiger partial charge is 0.177 e. The Hall–Kier alpha value is -2.93. The molecule has 0 spiro atoms. The van der Waals surface area contributed by atoms with Gasteiger partial charge >= 0.3 is 0 Å². The Balaban J connectivity index is 1.51. The van der Waals surface area contributed by atoms with Crippen molar-refractivity contribution in [2.24, 2.45) is 0 Å². The van der Waals surface area contributed by atoms with Gasteiger partial charge in [0.2, 0.25) is 0 Å². The molecular weight excluding hydrogens is 335 g/mol. The van der Waals surface area contributed by atoms with E-state index in [2.05, 4.69) is 15.2 Å². The molecule has 1 atom stereocenters. The Morgan fingerprint density at radius 1 is 1.15 bits per heavy atom. The normalized spacial score (nSPS) is 16.8. The maximum atomic E-state index is 13.0. The number of hydrogen-bond donors (Lipinski definition) is 0. The van der Waals surface area contributed by atoms with E-state index in [0.717, 1.165) is 29.2 Å². The summed E-state index contributed by atoms with van der Waals surface area (Å²) in [5.74, 6) is 0.568. The molecule has 1 aliphatic rings. The average molecular weight is 354 g/mol. The van der Waals surface area contributed by atoms with E-state index < -0.39 is 0 Å². The summed E-state index contributed by atoms with van der Waals surface area (Å²) in [6, 6.07) is 14.2. The van der Waals surface area contributed by atoms with Crippen LogP contribution in [0.4, 0.5) is 10.1 Å². The van der Waals surface area contributed by atoms with Crippen LogP contribution in [0.1, 0.15) is 17.5 Å². The average Bonchev–Trinajstić information content (AvgIpc) is 3.33. The molecule has 0 unspecified atom stereocenters. The lowest BCUT2D eigenvalue weighted by molar-refractivity contribution is 0.110. The van der Waals surface area contributed by atoms with Gasteiger partial charge in [-0.05, 0) is 42.0 Å². The third kappa shape index (κ3) is 3.39. The molecule has 4 rings (SSSR count). The highest BCUT2D eigenvalue weighted by molar-refractivity contribution is 5.50. The fourth-order valence-electron chi connectivity index (χ4n) is 3.03. The molecule has 26 heavy (non-hydrogen) atoms. The Morgan fingerprint density at radius 3 is 2.65 bits per heavy atom. The van der Waals surface area contributed by atoms with Crippen LogP contribution in [0.25, 0.3) is 0 Å². The molecule has 2 heterocycles. The number of halogens is 1. The number of hydrogen-bond acceptors (Lipinski definition) is 5. The minimum atomic E-state index is -0.273. The van der Waals surface area contributed by atoms with Gasteiger partial charge in [-0.25, -0.2) is 9.07 Å². The first kappa shape index (κ1) is 16.5. The number of anilines is 1. The summed E-state index contributed by atoms with van der Waals surface area (Å²) >= 11 is 0. The monoisotopic (exact) mass is 354 g/mol. The van der Waals surface area contributed by atoms with Crippen LogP contribution in [0.2, 0.25) is 0 Å². The lowest BCUT2D eigenvalue weighted by atomic mass is 10.2. The van der Waals surface area contributed by atoms with E-state index in [-0.39, 0.29) is 12.0 Å². The van der Waals surface area contributed by atoms with Gasteiger partial charge in [0.1, 0.15) is 17.3 Å². The first-order valence-corrected chi connectivity index (χ1v) is 8.40. The summed E-state index contributed by atoms with van der Waals surface area (Å²) in [7, 11) is 1.65. The topological polar surface area (TPSA) is 52.4 Å². The van der Waals surface area contributed by atoms with Gasteiger partial charge in [-0.15, -0.1) is 5.10 Å². The SMILES string of the molecule is COc1ccc(N2CCO[C@H]2c2cn(Cc3ccc(F)cc3)nn2)cc1. The maximum absolute atomic E-state index is 13.0. The van der Waals surface area contributed by atoms with Crippen LogP contribution < -0.4 is 9.64 Å². The van der Waals surface area contributed by atoms with E-state index in [1.54, 1.807) is 23.9 Å². The summed E-state index contributed by atoms with van der Waals surface area (Å²) in [6.45, 7) is 1.94. The Morgan fingerprint density at radius 2 is 1.92 bits per heavy atom. The highest BCUT2D eigenvalue weighted by Gasteiger charge is 2.29. The summed E-state index contributed by atoms with van der Waals surface area (Å²) < 4.78 is 25.8. The second-order valence-corrected chi connectivity index (χ2v) is 6.08. The molecule has 2 aromatic carbocycles. The van der Waals surface area contributed by atoms with E-state index in [0.29, 0.717) is 13.2 Å². The van der Waals surface area contributed by atoms with Crippen molar-refractivity contribution in [1.29, 1.82) is 0 Å². The van der Waals surface area contributed by atoms with Crippen molar-refractivity contribution in [1.82, 2.24) is 15.0 Å². The summed E-state index contributed by atoms with van der Waals surface area (Å²) in [6.07, 6.45) is 1.60. The van der Waals surface area contributed by atoms with Crippen molar-refractivity contribution in [2.45, 2.75) is 12.8 Å². The second-order valence-electron chi connectivity index (χ2n) is 6.08. The zero-order valence-electron chi connectivity index (χ0n) is 14.4. The largest absolute Gasteiger partial charge is 0.497 e. The van der Waals surface area contributed by atoms with Crippen LogP contribution in [0, 0.1) is 5.82 Å². The van der Waals surface area contributed by atoms with Gasteiger partial charge < -0.3 is 14.4 Å². The van der Waals surface area contributed by atoms with Crippen molar-refractivity contribution < 1.29 is 13.9 Å². The van der Waals surface area contributed by atoms with Gasteiger partial charge in [0, 0.05) is 12.2 Å². The fourth-order valence-corrected chi connectivity index (χ4v) is 3.03. The van der Waals surface area contributed by atoms with Crippen LogP contribution >= 0.6 is 0 Å². The Bertz CT molecular complexity index is 864. The number of benzene rings is 2. The van der Waals surface area contributed by atoms with Crippen molar-refractivity contribution in [3.8, 4) is 5.75 Å². The summed E-state index contributed by atoms with van der Waals surface area (Å²) in [4.78, 5) is 2.14. The maximum Gasteiger partial charge on any atom is 0.177 e. The van der Waals surface area contributed by atoms with Crippen LogP contribution in [0.15, 0.2) is 54.7 Å². The third-order valence-electron chi connectivity index (χ3n) is 4.36. The predicted molar refractivity (Wildman–Crippen MR) is 94.6 cm³/mol. The molecule has 1 saturated heterocycles. The van der Waals surface area contributed by atoms with Gasteiger partial charge in [0.15, 0.2) is 6.23 Å². The predicted octanol–water partition coefficient (Wildman–Crippen LogP) is 3.01. The molecule has 6 nitrogen and oxygen atoms in total. The number of nitrogens with zero attached hydrogens (tertiary/aromatic N) is 4. The summed E-state index contributed by atoms with van der Waals surface area (Å²) in [5.41, 5.74) is 2.75. The fraction of sp³-hybridized carbons (Fsp3) is 0.263. The highest BCUT2D eigenvalue weighted by atomic mass is 19.1. The molecule has 1 fully saturated rings. The van der Waals surface area contributed by atoms with Gasteiger partial charge in [-0.3, -0.25) is 0 Å². The van der Waals surface area contributed by atoms with Gasteiger partial charge in [-0.1, -0.05) is 17.3 Å². The van der Waals surface area contributed by atoms with Gasteiger partial charge in [0.25, 0.3) is 0 Å². The molecule has 0 saturated carbocycles. The molecule has 0 N–H and O–H groups in total. The van der Waals surface area contributed by atoms with Crippen LogP contribution in [-0.2, 0) is 11.3 Å². The molecule has 134 valence electrons. The van der Waals surface area contributed by atoms with Gasteiger partial charge in [-0.2, -0.15) is 0 Å². The lowest BCUT2D eigenvalue weighted by Gasteiger charge is -2.23. The van der Waals surface area contributed by atoms with Crippen molar-refractivity contribution in [2.75, 3.05) is 25.2 Å². The number of aromatic nitrogens is 3. The minimum absolute atomic E-state index is 0.248. The molecule has 0 radical (unpaired) electrons. The van der Waals surface area contributed by atoms with Crippen molar-refractivity contribution in [3.05, 3.63) is 71.8 Å². The minimum Gasteiger partial charge on any atom is -0.497 e. The van der Waals surface area contributed by atoms with Crippen LogP contribution in [0.3, 0.4) is 0 Å². The van der Waals surface area contributed by atoms with E-state index >= 15 is 0 Å². The summed E-state index contributed by atoms with van der Waals surface area (Å²) in [5, 5.41) is 8.45. The molecule has 1 aromatic heterocycles. The van der Waals surface area contributed by atoms with E-state index in [1.165, 1.54) is 12.1 Å². The quantitative estimate of drug-likeness (QED) is 0.705. The van der Waals surface area contributed by atoms with E-state index in [4.69, 9.17) is 9.47 Å². The van der Waals surface area contributed by atoms with Gasteiger partial charge in [0.05, 0.1) is 26.5 Å². The lowest BCUT2D eigenvalue weighted by Crippen LogP contribution is -2.23. The molecule has 1 aliphatic heterocycles. The molecule has 3 aromatic rings. The van der Waals surface area contributed by atoms with Crippen molar-refractivity contribution in [3.63, 3.8) is 0 Å². The molecule has 0 amide bonds. The Labute approximate surface area is 150 Å². The molecule has 0 aliphatic carbocycles. The number of methoxy groups -OCH3 is 1. The number of rotatable bonds is 5. The highest BCUT2D eigenvalue weighted by Crippen LogP contribution is 2.31. The zero-order chi connectivity index (χ0) is 17.9.